The number of carboxylic acids is 1. The predicted molar refractivity (Wildman–Crippen MR) is 84.9 cm³/mol. The lowest BCUT2D eigenvalue weighted by Crippen LogP contribution is -2.53. The van der Waals surface area contributed by atoms with E-state index in [1.165, 1.54) is 0 Å². The van der Waals surface area contributed by atoms with Gasteiger partial charge in [-0.25, -0.2) is 4.79 Å². The first-order valence-electron chi connectivity index (χ1n) is 7.38. The quantitative estimate of drug-likeness (QED) is 0.872. The lowest BCUT2D eigenvalue weighted by Gasteiger charge is -2.36. The minimum Gasteiger partial charge on any atom is -0.481 e. The molecule has 0 heterocycles. The standard InChI is InChI=1S/C17H25NO4/c1-6-17(5,18-15(21)22-16(2,3)4)13(14(19)20)12-10-8-7-9-11-12/h7-11,13H,6H2,1-5H3,(H,18,21)(H,19,20)/t13-,17-/m1/s1. The summed E-state index contributed by atoms with van der Waals surface area (Å²) in [5.41, 5.74) is -0.935. The Hall–Kier alpha value is -2.04. The molecule has 0 unspecified atom stereocenters. The Morgan fingerprint density at radius 3 is 2.14 bits per heavy atom. The number of hydrogen-bond donors (Lipinski definition) is 2. The maximum atomic E-state index is 12.1. The Morgan fingerprint density at radius 1 is 1.18 bits per heavy atom. The summed E-state index contributed by atoms with van der Waals surface area (Å²) in [5.74, 6) is -1.84. The Labute approximate surface area is 131 Å². The largest absolute Gasteiger partial charge is 0.481 e. The van der Waals surface area contributed by atoms with Gasteiger partial charge in [0, 0.05) is 0 Å². The highest BCUT2D eigenvalue weighted by Gasteiger charge is 2.41. The number of benzene rings is 1. The number of carbonyl (C=O) groups excluding carboxylic acids is 1. The molecule has 0 aromatic heterocycles. The Balaban J connectivity index is 3.07. The van der Waals surface area contributed by atoms with Crippen LogP contribution in [-0.2, 0) is 9.53 Å². The van der Waals surface area contributed by atoms with Gasteiger partial charge in [-0.3, -0.25) is 4.79 Å². The van der Waals surface area contributed by atoms with E-state index in [2.05, 4.69) is 5.32 Å². The number of carboxylic acid groups (broad SMARTS) is 1. The summed E-state index contributed by atoms with van der Waals surface area (Å²) in [6, 6.07) is 8.91. The molecule has 2 N–H and O–H groups in total. The summed E-state index contributed by atoms with van der Waals surface area (Å²) >= 11 is 0. The molecule has 5 nitrogen and oxygen atoms in total. The van der Waals surface area contributed by atoms with Crippen molar-refractivity contribution in [1.82, 2.24) is 5.32 Å². The fourth-order valence-corrected chi connectivity index (χ4v) is 2.33. The Bertz CT molecular complexity index is 521. The van der Waals surface area contributed by atoms with Crippen LogP contribution < -0.4 is 5.32 Å². The highest BCUT2D eigenvalue weighted by atomic mass is 16.6. The smallest absolute Gasteiger partial charge is 0.408 e. The van der Waals surface area contributed by atoms with Gasteiger partial charge in [0.1, 0.15) is 11.5 Å². The minimum atomic E-state index is -0.980. The first-order valence-corrected chi connectivity index (χ1v) is 7.38. The third kappa shape index (κ3) is 4.76. The molecular formula is C17H25NO4. The molecule has 122 valence electrons. The first kappa shape index (κ1) is 18.0. The van der Waals surface area contributed by atoms with Crippen LogP contribution in [0.3, 0.4) is 0 Å². The van der Waals surface area contributed by atoms with Crippen LogP contribution >= 0.6 is 0 Å². The highest BCUT2D eigenvalue weighted by Crippen LogP contribution is 2.31. The van der Waals surface area contributed by atoms with Gasteiger partial charge in [-0.05, 0) is 39.7 Å². The van der Waals surface area contributed by atoms with Crippen molar-refractivity contribution in [3.8, 4) is 0 Å². The second kappa shape index (κ2) is 6.81. The van der Waals surface area contributed by atoms with Gasteiger partial charge in [0.25, 0.3) is 0 Å². The van der Waals surface area contributed by atoms with Crippen LogP contribution in [0.25, 0.3) is 0 Å². The van der Waals surface area contributed by atoms with E-state index >= 15 is 0 Å². The topological polar surface area (TPSA) is 75.6 Å². The lowest BCUT2D eigenvalue weighted by atomic mass is 9.78. The zero-order valence-corrected chi connectivity index (χ0v) is 13.8. The van der Waals surface area contributed by atoms with Gasteiger partial charge >= 0.3 is 12.1 Å². The van der Waals surface area contributed by atoms with Crippen LogP contribution in [0.2, 0.25) is 0 Å². The van der Waals surface area contributed by atoms with Gasteiger partial charge in [0.05, 0.1) is 5.54 Å². The van der Waals surface area contributed by atoms with E-state index in [9.17, 15) is 14.7 Å². The minimum absolute atomic E-state index is 0.456. The molecule has 0 bridgehead atoms. The van der Waals surface area contributed by atoms with Crippen molar-refractivity contribution >= 4 is 12.1 Å². The van der Waals surface area contributed by atoms with E-state index in [1.807, 2.05) is 13.0 Å². The highest BCUT2D eigenvalue weighted by molar-refractivity contribution is 5.80. The number of nitrogens with one attached hydrogen (secondary N) is 1. The van der Waals surface area contributed by atoms with Crippen molar-refractivity contribution < 1.29 is 19.4 Å². The summed E-state index contributed by atoms with van der Waals surface area (Å²) in [6.07, 6.45) is -0.156. The average molecular weight is 307 g/mol. The van der Waals surface area contributed by atoms with Crippen molar-refractivity contribution in [3.63, 3.8) is 0 Å². The van der Waals surface area contributed by atoms with Gasteiger partial charge in [0.2, 0.25) is 0 Å². The lowest BCUT2D eigenvalue weighted by molar-refractivity contribution is -0.140. The van der Waals surface area contributed by atoms with Gasteiger partial charge in [-0.1, -0.05) is 37.3 Å². The SMILES string of the molecule is CC[C@@](C)(NC(=O)OC(C)(C)C)[C@@H](C(=O)O)c1ccccc1. The monoisotopic (exact) mass is 307 g/mol. The van der Waals surface area contributed by atoms with Crippen molar-refractivity contribution in [2.75, 3.05) is 0 Å². The molecule has 0 spiro atoms. The molecule has 0 aliphatic carbocycles. The van der Waals surface area contributed by atoms with E-state index in [4.69, 9.17) is 4.74 Å². The van der Waals surface area contributed by atoms with Crippen LogP contribution in [0.4, 0.5) is 4.79 Å². The maximum Gasteiger partial charge on any atom is 0.408 e. The van der Waals surface area contributed by atoms with Crippen LogP contribution in [0.15, 0.2) is 30.3 Å². The molecule has 2 atom stereocenters. The number of carbonyl (C=O) groups is 2. The summed E-state index contributed by atoms with van der Waals surface area (Å²) in [4.78, 5) is 23.8. The number of ether oxygens (including phenoxy) is 1. The molecule has 0 saturated carbocycles. The van der Waals surface area contributed by atoms with E-state index in [-0.39, 0.29) is 0 Å². The van der Waals surface area contributed by atoms with Gasteiger partial charge in [-0.15, -0.1) is 0 Å². The molecule has 1 aromatic carbocycles. The zero-order chi connectivity index (χ0) is 17.0. The number of alkyl carbamates (subject to hydrolysis) is 1. The molecule has 0 saturated heterocycles. The summed E-state index contributed by atoms with van der Waals surface area (Å²) in [6.45, 7) is 8.87. The summed E-state index contributed by atoms with van der Waals surface area (Å²) < 4.78 is 5.26. The summed E-state index contributed by atoms with van der Waals surface area (Å²) in [7, 11) is 0. The molecule has 0 aliphatic heterocycles. The molecule has 1 rings (SSSR count). The van der Waals surface area contributed by atoms with E-state index in [0.717, 1.165) is 0 Å². The maximum absolute atomic E-state index is 12.1. The molecular weight excluding hydrogens is 282 g/mol. The normalized spacial score (nSPS) is 15.5. The van der Waals surface area contributed by atoms with E-state index in [1.54, 1.807) is 52.0 Å². The second-order valence-electron chi connectivity index (χ2n) is 6.58. The van der Waals surface area contributed by atoms with Crippen LogP contribution in [0.5, 0.6) is 0 Å². The molecule has 1 amide bonds. The zero-order valence-electron chi connectivity index (χ0n) is 13.8. The Morgan fingerprint density at radius 2 is 1.73 bits per heavy atom. The van der Waals surface area contributed by atoms with Crippen molar-refractivity contribution in [3.05, 3.63) is 35.9 Å². The molecule has 22 heavy (non-hydrogen) atoms. The van der Waals surface area contributed by atoms with Crippen molar-refractivity contribution in [2.24, 2.45) is 0 Å². The number of amides is 1. The van der Waals surface area contributed by atoms with Crippen LogP contribution in [0.1, 0.15) is 52.5 Å². The number of rotatable bonds is 5. The third-order valence-electron chi connectivity index (χ3n) is 3.54. The fraction of sp³-hybridized carbons (Fsp3) is 0.529. The van der Waals surface area contributed by atoms with Crippen LogP contribution in [0, 0.1) is 0 Å². The average Bonchev–Trinajstić information content (AvgIpc) is 2.37. The fourth-order valence-electron chi connectivity index (χ4n) is 2.33. The molecule has 0 aliphatic rings. The van der Waals surface area contributed by atoms with Gasteiger partial charge in [0.15, 0.2) is 0 Å². The Kier molecular flexibility index (Phi) is 5.58. The van der Waals surface area contributed by atoms with E-state index < -0.39 is 29.1 Å². The number of hydrogen-bond acceptors (Lipinski definition) is 3. The van der Waals surface area contributed by atoms with Crippen molar-refractivity contribution in [1.29, 1.82) is 0 Å². The predicted octanol–water partition coefficient (Wildman–Crippen LogP) is 3.55. The molecule has 0 radical (unpaired) electrons. The molecule has 1 aromatic rings. The van der Waals surface area contributed by atoms with Crippen molar-refractivity contribution in [2.45, 2.75) is 58.1 Å². The van der Waals surface area contributed by atoms with Gasteiger partial charge < -0.3 is 15.2 Å². The first-order chi connectivity index (χ1) is 10.1. The van der Waals surface area contributed by atoms with E-state index in [0.29, 0.717) is 12.0 Å². The van der Waals surface area contributed by atoms with Gasteiger partial charge in [-0.2, -0.15) is 0 Å². The third-order valence-corrected chi connectivity index (χ3v) is 3.54. The molecule has 5 heteroatoms. The van der Waals surface area contributed by atoms with Crippen LogP contribution in [-0.4, -0.2) is 28.3 Å². The summed E-state index contributed by atoms with van der Waals surface area (Å²) in [5, 5.41) is 12.4. The molecule has 0 fully saturated rings. The number of aliphatic carboxylic acids is 1. The second-order valence-corrected chi connectivity index (χ2v) is 6.58.